The number of hydrogen-bond acceptors (Lipinski definition) is 4. The first-order valence-electron chi connectivity index (χ1n) is 5.86. The van der Waals surface area contributed by atoms with Gasteiger partial charge in [0.05, 0.1) is 7.11 Å². The first-order chi connectivity index (χ1) is 8.72. The lowest BCUT2D eigenvalue weighted by Gasteiger charge is -2.22. The molecule has 0 atom stereocenters. The molecular weight excluding hydrogens is 232 g/mol. The summed E-state index contributed by atoms with van der Waals surface area (Å²) < 4.78 is 10.0. The molecule has 5 nitrogen and oxygen atoms in total. The van der Waals surface area contributed by atoms with E-state index in [0.29, 0.717) is 13.1 Å². The molecule has 1 aromatic rings. The summed E-state index contributed by atoms with van der Waals surface area (Å²) >= 11 is 0. The van der Waals surface area contributed by atoms with E-state index in [1.54, 1.807) is 12.0 Å². The lowest BCUT2D eigenvalue weighted by Crippen LogP contribution is -2.35. The van der Waals surface area contributed by atoms with Gasteiger partial charge in [-0.15, -0.1) is 0 Å². The number of methoxy groups -OCH3 is 2. The molecule has 0 bridgehead atoms. The molecule has 1 rings (SSSR count). The summed E-state index contributed by atoms with van der Waals surface area (Å²) in [6.45, 7) is 1.17. The van der Waals surface area contributed by atoms with Crippen LogP contribution in [-0.4, -0.2) is 39.8 Å². The second-order valence-corrected chi connectivity index (χ2v) is 3.82. The first kappa shape index (κ1) is 14.5. The van der Waals surface area contributed by atoms with Gasteiger partial charge < -0.3 is 20.1 Å². The Morgan fingerprint density at radius 1 is 1.39 bits per heavy atom. The maximum atomic E-state index is 12.0. The molecular formula is C13H20N2O3. The molecule has 0 aliphatic heterocycles. The number of nitrogens with zero attached hydrogens (tertiary/aromatic N) is 1. The molecule has 0 saturated heterocycles. The number of hydrogen-bond donors (Lipinski definition) is 1. The molecule has 0 unspecified atom stereocenters. The zero-order chi connectivity index (χ0) is 13.4. The van der Waals surface area contributed by atoms with E-state index in [0.717, 1.165) is 17.9 Å². The van der Waals surface area contributed by atoms with Crippen LogP contribution in [0, 0.1) is 0 Å². The molecule has 0 aliphatic rings. The summed E-state index contributed by atoms with van der Waals surface area (Å²) in [6.07, 6.45) is 0.743. The molecule has 5 heteroatoms. The molecule has 0 radical (unpaired) electrons. The molecule has 100 valence electrons. The predicted octanol–water partition coefficient (Wildman–Crippen LogP) is 1.02. The van der Waals surface area contributed by atoms with Crippen LogP contribution in [0.3, 0.4) is 0 Å². The smallest absolute Gasteiger partial charge is 0.252 e. The van der Waals surface area contributed by atoms with Gasteiger partial charge in [0.25, 0.3) is 5.91 Å². The Morgan fingerprint density at radius 2 is 2.17 bits per heavy atom. The molecule has 0 saturated carbocycles. The highest BCUT2D eigenvalue weighted by Gasteiger charge is 2.15. The van der Waals surface area contributed by atoms with Gasteiger partial charge in [-0.25, -0.2) is 0 Å². The van der Waals surface area contributed by atoms with Crippen molar-refractivity contribution in [3.63, 3.8) is 0 Å². The minimum absolute atomic E-state index is 0.0573. The minimum Gasteiger partial charge on any atom is -0.497 e. The van der Waals surface area contributed by atoms with Crippen molar-refractivity contribution in [2.24, 2.45) is 5.73 Å². The van der Waals surface area contributed by atoms with Gasteiger partial charge in [0, 0.05) is 25.4 Å². The minimum atomic E-state index is -0.0841. The van der Waals surface area contributed by atoms with E-state index < -0.39 is 0 Å². The van der Waals surface area contributed by atoms with Crippen LogP contribution in [-0.2, 0) is 9.53 Å². The number of carbonyl (C=O) groups excluding carboxylic acids is 1. The number of carbonyl (C=O) groups is 1. The Bertz CT molecular complexity index is 382. The fourth-order valence-electron chi connectivity index (χ4n) is 1.63. The van der Waals surface area contributed by atoms with E-state index in [9.17, 15) is 4.79 Å². The van der Waals surface area contributed by atoms with Crippen LogP contribution >= 0.6 is 0 Å². The van der Waals surface area contributed by atoms with Crippen molar-refractivity contribution in [2.75, 3.05) is 38.8 Å². The van der Waals surface area contributed by atoms with Crippen LogP contribution in [0.4, 0.5) is 5.69 Å². The average molecular weight is 252 g/mol. The van der Waals surface area contributed by atoms with Crippen molar-refractivity contribution in [1.82, 2.24) is 0 Å². The lowest BCUT2D eigenvalue weighted by atomic mass is 10.2. The van der Waals surface area contributed by atoms with Crippen LogP contribution < -0.4 is 15.4 Å². The maximum Gasteiger partial charge on any atom is 0.252 e. The van der Waals surface area contributed by atoms with Crippen molar-refractivity contribution >= 4 is 11.6 Å². The monoisotopic (exact) mass is 252 g/mol. The van der Waals surface area contributed by atoms with E-state index in [-0.39, 0.29) is 12.5 Å². The fourth-order valence-corrected chi connectivity index (χ4v) is 1.63. The van der Waals surface area contributed by atoms with Gasteiger partial charge in [0.1, 0.15) is 12.4 Å². The van der Waals surface area contributed by atoms with Gasteiger partial charge in [-0.1, -0.05) is 6.07 Å². The summed E-state index contributed by atoms with van der Waals surface area (Å²) in [5.41, 5.74) is 6.29. The molecule has 0 spiro atoms. The highest BCUT2D eigenvalue weighted by Crippen LogP contribution is 2.21. The molecule has 0 fully saturated rings. The van der Waals surface area contributed by atoms with Crippen molar-refractivity contribution in [3.8, 4) is 5.75 Å². The average Bonchev–Trinajstić information content (AvgIpc) is 2.40. The molecule has 2 N–H and O–H groups in total. The molecule has 1 amide bonds. The number of amides is 1. The summed E-state index contributed by atoms with van der Waals surface area (Å²) in [5, 5.41) is 0. The van der Waals surface area contributed by atoms with Gasteiger partial charge in [0.15, 0.2) is 0 Å². The van der Waals surface area contributed by atoms with E-state index >= 15 is 0 Å². The second kappa shape index (κ2) is 7.68. The highest BCUT2D eigenvalue weighted by atomic mass is 16.5. The Morgan fingerprint density at radius 3 is 2.78 bits per heavy atom. The van der Waals surface area contributed by atoms with Crippen molar-refractivity contribution in [1.29, 1.82) is 0 Å². The summed E-state index contributed by atoms with van der Waals surface area (Å²) in [4.78, 5) is 13.6. The van der Waals surface area contributed by atoms with Crippen molar-refractivity contribution in [2.45, 2.75) is 6.42 Å². The van der Waals surface area contributed by atoms with Crippen LogP contribution in [0.25, 0.3) is 0 Å². The third-order valence-electron chi connectivity index (χ3n) is 2.52. The molecule has 0 aliphatic carbocycles. The standard InChI is InChI=1S/C13H20N2O3/c1-17-10-13(16)15(8-4-7-14)11-5-3-6-12(9-11)18-2/h3,5-6,9H,4,7-8,10,14H2,1-2H3. The topological polar surface area (TPSA) is 64.8 Å². The number of benzene rings is 1. The number of nitrogens with two attached hydrogens (primary N) is 1. The van der Waals surface area contributed by atoms with Crippen LogP contribution in [0.15, 0.2) is 24.3 Å². The normalized spacial score (nSPS) is 10.2. The second-order valence-electron chi connectivity index (χ2n) is 3.82. The third kappa shape index (κ3) is 4.01. The number of anilines is 1. The van der Waals surface area contributed by atoms with Crippen molar-refractivity contribution < 1.29 is 14.3 Å². The zero-order valence-corrected chi connectivity index (χ0v) is 10.9. The molecule has 1 aromatic carbocycles. The van der Waals surface area contributed by atoms with Gasteiger partial charge >= 0.3 is 0 Å². The summed E-state index contributed by atoms with van der Waals surface area (Å²) in [7, 11) is 3.10. The Balaban J connectivity index is 2.89. The Labute approximate surface area is 107 Å². The molecule has 18 heavy (non-hydrogen) atoms. The quantitative estimate of drug-likeness (QED) is 0.787. The van der Waals surface area contributed by atoms with Crippen molar-refractivity contribution in [3.05, 3.63) is 24.3 Å². The van der Waals surface area contributed by atoms with Gasteiger partial charge in [0.2, 0.25) is 0 Å². The van der Waals surface area contributed by atoms with Gasteiger partial charge in [-0.2, -0.15) is 0 Å². The Kier molecular flexibility index (Phi) is 6.18. The van der Waals surface area contributed by atoms with E-state index in [1.165, 1.54) is 7.11 Å². The lowest BCUT2D eigenvalue weighted by molar-refractivity contribution is -0.122. The highest BCUT2D eigenvalue weighted by molar-refractivity contribution is 5.94. The number of ether oxygens (including phenoxy) is 2. The van der Waals surface area contributed by atoms with Gasteiger partial charge in [-0.3, -0.25) is 4.79 Å². The van der Waals surface area contributed by atoms with E-state index in [4.69, 9.17) is 15.2 Å². The van der Waals surface area contributed by atoms with Crippen LogP contribution in [0.2, 0.25) is 0 Å². The maximum absolute atomic E-state index is 12.0. The molecule has 0 heterocycles. The SMILES string of the molecule is COCC(=O)N(CCCN)c1cccc(OC)c1. The summed E-state index contributed by atoms with van der Waals surface area (Å²) in [6, 6.07) is 7.38. The Hall–Kier alpha value is -1.59. The third-order valence-corrected chi connectivity index (χ3v) is 2.52. The zero-order valence-electron chi connectivity index (χ0n) is 10.9. The van der Waals surface area contributed by atoms with E-state index in [2.05, 4.69) is 0 Å². The summed E-state index contributed by atoms with van der Waals surface area (Å²) in [5.74, 6) is 0.634. The van der Waals surface area contributed by atoms with E-state index in [1.807, 2.05) is 24.3 Å². The first-order valence-corrected chi connectivity index (χ1v) is 5.86. The van der Waals surface area contributed by atoms with Crippen LogP contribution in [0.1, 0.15) is 6.42 Å². The number of rotatable bonds is 7. The van der Waals surface area contributed by atoms with Crippen LogP contribution in [0.5, 0.6) is 5.75 Å². The predicted molar refractivity (Wildman–Crippen MR) is 70.9 cm³/mol. The van der Waals surface area contributed by atoms with Gasteiger partial charge in [-0.05, 0) is 25.1 Å². The fraction of sp³-hybridized carbons (Fsp3) is 0.462. The largest absolute Gasteiger partial charge is 0.497 e. The molecule has 0 aromatic heterocycles.